The summed E-state index contributed by atoms with van der Waals surface area (Å²) in [6.45, 7) is 2.72. The second kappa shape index (κ2) is 9.96. The number of aliphatic imine (C=N–C) groups is 1. The third kappa shape index (κ3) is 7.63. The summed E-state index contributed by atoms with van der Waals surface area (Å²) in [5.41, 5.74) is 1.10. The first-order chi connectivity index (χ1) is 8.43. The molecule has 1 rings (SSSR count). The van der Waals surface area contributed by atoms with E-state index in [1.54, 1.807) is 0 Å². The Morgan fingerprint density at radius 2 is 1.71 bits per heavy atom. The van der Waals surface area contributed by atoms with Crippen molar-refractivity contribution in [3.63, 3.8) is 0 Å². The highest BCUT2D eigenvalue weighted by atomic mass is 16.5. The lowest BCUT2D eigenvalue weighted by atomic mass is 10.2. The van der Waals surface area contributed by atoms with Crippen LogP contribution < -0.4 is 0 Å². The van der Waals surface area contributed by atoms with E-state index in [9.17, 15) is 0 Å². The van der Waals surface area contributed by atoms with Crippen molar-refractivity contribution in [1.29, 1.82) is 0 Å². The molecule has 0 aliphatic heterocycles. The van der Waals surface area contributed by atoms with Crippen molar-refractivity contribution in [3.8, 4) is 0 Å². The Balaban J connectivity index is 1.95. The topological polar surface area (TPSA) is 51.0 Å². The number of nitrogens with zero attached hydrogens (tertiary/aromatic N) is 1. The SMILES string of the molecule is OCCOCCOCCN=Cc1ccccc1. The van der Waals surface area contributed by atoms with E-state index < -0.39 is 0 Å². The Bertz CT molecular complexity index is 301. The van der Waals surface area contributed by atoms with Crippen molar-refractivity contribution < 1.29 is 14.6 Å². The fraction of sp³-hybridized carbons (Fsp3) is 0.462. The summed E-state index contributed by atoms with van der Waals surface area (Å²) < 4.78 is 10.3. The zero-order valence-electron chi connectivity index (χ0n) is 9.92. The molecule has 0 atom stereocenters. The predicted molar refractivity (Wildman–Crippen MR) is 67.6 cm³/mol. The molecule has 94 valence electrons. The van der Waals surface area contributed by atoms with E-state index in [0.717, 1.165) is 5.56 Å². The Morgan fingerprint density at radius 3 is 2.41 bits per heavy atom. The van der Waals surface area contributed by atoms with E-state index in [0.29, 0.717) is 33.0 Å². The van der Waals surface area contributed by atoms with Crippen LogP contribution in [0.5, 0.6) is 0 Å². The number of hydrogen-bond donors (Lipinski definition) is 1. The Kier molecular flexibility index (Phi) is 8.10. The fourth-order valence-corrected chi connectivity index (χ4v) is 1.21. The van der Waals surface area contributed by atoms with Gasteiger partial charge in [-0.3, -0.25) is 4.99 Å². The molecule has 4 nitrogen and oxygen atoms in total. The number of ether oxygens (including phenoxy) is 2. The molecule has 0 radical (unpaired) electrons. The van der Waals surface area contributed by atoms with Crippen LogP contribution in [0.4, 0.5) is 0 Å². The molecule has 17 heavy (non-hydrogen) atoms. The molecule has 0 spiro atoms. The molecule has 0 amide bonds. The summed E-state index contributed by atoms with van der Waals surface area (Å²) in [6, 6.07) is 9.96. The molecule has 1 aromatic rings. The first-order valence-corrected chi connectivity index (χ1v) is 5.74. The minimum absolute atomic E-state index is 0.0569. The standard InChI is InChI=1S/C13H19NO3/c15-7-9-17-11-10-16-8-6-14-12-13-4-2-1-3-5-13/h1-5,12,15H,6-11H2. The van der Waals surface area contributed by atoms with Gasteiger partial charge in [0.1, 0.15) is 0 Å². The van der Waals surface area contributed by atoms with Crippen LogP contribution in [0.25, 0.3) is 0 Å². The van der Waals surface area contributed by atoms with Gasteiger partial charge in [0.15, 0.2) is 0 Å². The minimum atomic E-state index is 0.0569. The Morgan fingerprint density at radius 1 is 1.00 bits per heavy atom. The maximum atomic E-state index is 8.46. The summed E-state index contributed by atoms with van der Waals surface area (Å²) in [5, 5.41) is 8.46. The lowest BCUT2D eigenvalue weighted by Gasteiger charge is -2.02. The lowest BCUT2D eigenvalue weighted by molar-refractivity contribution is 0.0355. The third-order valence-corrected chi connectivity index (χ3v) is 2.01. The molecule has 0 saturated carbocycles. The van der Waals surface area contributed by atoms with E-state index in [2.05, 4.69) is 4.99 Å². The second-order valence-corrected chi connectivity index (χ2v) is 3.39. The van der Waals surface area contributed by atoms with Crippen molar-refractivity contribution in [2.24, 2.45) is 4.99 Å². The van der Waals surface area contributed by atoms with E-state index in [4.69, 9.17) is 14.6 Å². The molecule has 1 N–H and O–H groups in total. The molecule has 1 aromatic carbocycles. The number of rotatable bonds is 9. The Labute approximate surface area is 102 Å². The zero-order valence-corrected chi connectivity index (χ0v) is 9.92. The first-order valence-electron chi connectivity index (χ1n) is 5.74. The number of aliphatic hydroxyl groups is 1. The summed E-state index contributed by atoms with van der Waals surface area (Å²) in [4.78, 5) is 4.24. The summed E-state index contributed by atoms with van der Waals surface area (Å²) >= 11 is 0. The lowest BCUT2D eigenvalue weighted by Crippen LogP contribution is -2.08. The van der Waals surface area contributed by atoms with Crippen LogP contribution in [0.1, 0.15) is 5.56 Å². The highest BCUT2D eigenvalue weighted by molar-refractivity contribution is 5.79. The van der Waals surface area contributed by atoms with Crippen LogP contribution in [0.2, 0.25) is 0 Å². The Hall–Kier alpha value is -1.23. The maximum Gasteiger partial charge on any atom is 0.0701 e. The summed E-state index contributed by atoms with van der Waals surface area (Å²) in [6.07, 6.45) is 1.84. The van der Waals surface area contributed by atoms with Crippen LogP contribution in [0, 0.1) is 0 Å². The molecular weight excluding hydrogens is 218 g/mol. The van der Waals surface area contributed by atoms with Crippen LogP contribution in [0.15, 0.2) is 35.3 Å². The summed E-state index contributed by atoms with van der Waals surface area (Å²) in [7, 11) is 0. The van der Waals surface area contributed by atoms with Gasteiger partial charge in [-0.25, -0.2) is 0 Å². The zero-order chi connectivity index (χ0) is 12.2. The van der Waals surface area contributed by atoms with Crippen LogP contribution in [-0.2, 0) is 9.47 Å². The molecule has 0 fully saturated rings. The van der Waals surface area contributed by atoms with Crippen LogP contribution in [0.3, 0.4) is 0 Å². The van der Waals surface area contributed by atoms with Gasteiger partial charge in [-0.1, -0.05) is 30.3 Å². The molecule has 0 aliphatic carbocycles. The molecule has 0 unspecified atom stereocenters. The number of aliphatic hydroxyl groups excluding tert-OH is 1. The normalized spacial score (nSPS) is 11.1. The monoisotopic (exact) mass is 237 g/mol. The number of benzene rings is 1. The maximum absolute atomic E-state index is 8.46. The molecule has 0 aromatic heterocycles. The van der Waals surface area contributed by atoms with Gasteiger partial charge in [0.2, 0.25) is 0 Å². The fourth-order valence-electron chi connectivity index (χ4n) is 1.21. The van der Waals surface area contributed by atoms with E-state index in [1.807, 2.05) is 36.5 Å². The van der Waals surface area contributed by atoms with Crippen molar-refractivity contribution in [2.75, 3.05) is 39.6 Å². The van der Waals surface area contributed by atoms with Crippen molar-refractivity contribution in [2.45, 2.75) is 0 Å². The average Bonchev–Trinajstić information content (AvgIpc) is 2.38. The second-order valence-electron chi connectivity index (χ2n) is 3.39. The van der Waals surface area contributed by atoms with Gasteiger partial charge >= 0.3 is 0 Å². The molecular formula is C13H19NO3. The quantitative estimate of drug-likeness (QED) is 0.517. The van der Waals surface area contributed by atoms with Crippen molar-refractivity contribution in [1.82, 2.24) is 0 Å². The van der Waals surface area contributed by atoms with Gasteiger partial charge in [0.05, 0.1) is 39.6 Å². The summed E-state index contributed by atoms with van der Waals surface area (Å²) in [5.74, 6) is 0. The van der Waals surface area contributed by atoms with E-state index in [1.165, 1.54) is 0 Å². The smallest absolute Gasteiger partial charge is 0.0701 e. The highest BCUT2D eigenvalue weighted by Gasteiger charge is 1.88. The van der Waals surface area contributed by atoms with Crippen LogP contribution >= 0.6 is 0 Å². The molecule has 0 heterocycles. The van der Waals surface area contributed by atoms with Gasteiger partial charge in [-0.2, -0.15) is 0 Å². The molecule has 4 heteroatoms. The van der Waals surface area contributed by atoms with E-state index >= 15 is 0 Å². The van der Waals surface area contributed by atoms with Gasteiger partial charge in [-0.15, -0.1) is 0 Å². The third-order valence-electron chi connectivity index (χ3n) is 2.01. The molecule has 0 aliphatic rings. The van der Waals surface area contributed by atoms with Gasteiger partial charge in [0, 0.05) is 6.21 Å². The van der Waals surface area contributed by atoms with E-state index in [-0.39, 0.29) is 6.61 Å². The minimum Gasteiger partial charge on any atom is -0.394 e. The highest BCUT2D eigenvalue weighted by Crippen LogP contribution is 1.93. The van der Waals surface area contributed by atoms with Crippen molar-refractivity contribution >= 4 is 6.21 Å². The van der Waals surface area contributed by atoms with Gasteiger partial charge in [0.25, 0.3) is 0 Å². The predicted octanol–water partition coefficient (Wildman–Crippen LogP) is 1.13. The largest absolute Gasteiger partial charge is 0.394 e. The van der Waals surface area contributed by atoms with Crippen LogP contribution in [-0.4, -0.2) is 50.9 Å². The molecule has 0 bridgehead atoms. The molecule has 0 saturated heterocycles. The van der Waals surface area contributed by atoms with Gasteiger partial charge < -0.3 is 14.6 Å². The number of hydrogen-bond acceptors (Lipinski definition) is 4. The van der Waals surface area contributed by atoms with Gasteiger partial charge in [-0.05, 0) is 5.56 Å². The van der Waals surface area contributed by atoms with Crippen molar-refractivity contribution in [3.05, 3.63) is 35.9 Å². The average molecular weight is 237 g/mol. The first kappa shape index (κ1) is 13.8.